The van der Waals surface area contributed by atoms with Gasteiger partial charge in [-0.25, -0.2) is 31.1 Å². The molecule has 1 aliphatic rings. The van der Waals surface area contributed by atoms with Crippen LogP contribution in [0.5, 0.6) is 0 Å². The Morgan fingerprint density at radius 2 is 1.89 bits per heavy atom. The van der Waals surface area contributed by atoms with Gasteiger partial charge in [0.05, 0.1) is 40.7 Å². The average Bonchev–Trinajstić information content (AvgIpc) is 2.80. The summed E-state index contributed by atoms with van der Waals surface area (Å²) in [5, 5.41) is 11.4. The summed E-state index contributed by atoms with van der Waals surface area (Å²) in [4.78, 5) is 22.4. The first kappa shape index (κ1) is 21.1. The molecule has 0 bridgehead atoms. The highest BCUT2D eigenvalue weighted by Gasteiger charge is 2.41. The van der Waals surface area contributed by atoms with Crippen LogP contribution in [0.2, 0.25) is 0 Å². The van der Waals surface area contributed by atoms with Crippen LogP contribution in [0.4, 0.5) is 4.79 Å². The molecule has 2 rings (SSSR count). The Balaban J connectivity index is 2.30. The Morgan fingerprint density at radius 1 is 1.26 bits per heavy atom. The monoisotopic (exact) mass is 420 g/mol. The van der Waals surface area contributed by atoms with E-state index in [1.165, 1.54) is 19.1 Å². The van der Waals surface area contributed by atoms with E-state index < -0.39 is 55.5 Å². The minimum absolute atomic E-state index is 0.0723. The minimum Gasteiger partial charge on any atom is -0.478 e. The molecule has 27 heavy (non-hydrogen) atoms. The molecule has 0 aromatic heterocycles. The first-order chi connectivity index (χ1) is 12.4. The molecule has 1 fully saturated rings. The third-order valence-electron chi connectivity index (χ3n) is 3.96. The lowest BCUT2D eigenvalue weighted by molar-refractivity contribution is 0.0696. The number of carbonyl (C=O) groups is 2. The number of ether oxygens (including phenoxy) is 1. The Labute approximate surface area is 156 Å². The van der Waals surface area contributed by atoms with Gasteiger partial charge in [0.2, 0.25) is 10.0 Å². The molecule has 1 aliphatic heterocycles. The second kappa shape index (κ2) is 7.82. The minimum atomic E-state index is -4.23. The number of aromatic carboxylic acids is 1. The van der Waals surface area contributed by atoms with Crippen molar-refractivity contribution >= 4 is 31.9 Å². The highest BCUT2D eigenvalue weighted by Crippen LogP contribution is 2.20. The summed E-state index contributed by atoms with van der Waals surface area (Å²) >= 11 is 0. The van der Waals surface area contributed by atoms with Crippen LogP contribution in [0, 0.1) is 6.92 Å². The molecule has 150 valence electrons. The lowest BCUT2D eigenvalue weighted by Gasteiger charge is -2.21. The smallest absolute Gasteiger partial charge is 0.407 e. The van der Waals surface area contributed by atoms with Gasteiger partial charge < -0.3 is 15.2 Å². The van der Waals surface area contributed by atoms with Crippen LogP contribution >= 0.6 is 0 Å². The number of sulfone groups is 1. The number of carboxylic acids is 1. The predicted molar refractivity (Wildman–Crippen MR) is 94.8 cm³/mol. The standard InChI is InChI=1S/C15H20N2O8S2/c1-3-25-15(20)16-11-7-26(21,22)8-12(11)17-27(23,24)13-6-10(14(18)19)5-4-9(13)2/h4-6,11-12,17H,3,7-8H2,1-2H3,(H,16,20)(H,18,19)/t11-,12-/m0/s1. The van der Waals surface area contributed by atoms with E-state index in [1.807, 2.05) is 0 Å². The quantitative estimate of drug-likeness (QED) is 0.575. The van der Waals surface area contributed by atoms with Gasteiger partial charge in [0.1, 0.15) is 0 Å². The van der Waals surface area contributed by atoms with Gasteiger partial charge in [0, 0.05) is 0 Å². The molecule has 1 aromatic carbocycles. The SMILES string of the molecule is CCOC(=O)N[C@H]1CS(=O)(=O)C[C@@H]1NS(=O)(=O)c1cc(C(=O)O)ccc1C. The second-order valence-corrected chi connectivity index (χ2v) is 9.90. The number of sulfonamides is 1. The van der Waals surface area contributed by atoms with Crippen LogP contribution < -0.4 is 10.0 Å². The first-order valence-electron chi connectivity index (χ1n) is 7.95. The van der Waals surface area contributed by atoms with Crippen LogP contribution in [0.1, 0.15) is 22.8 Å². The first-order valence-corrected chi connectivity index (χ1v) is 11.3. The van der Waals surface area contributed by atoms with Crippen LogP contribution in [0.3, 0.4) is 0 Å². The summed E-state index contributed by atoms with van der Waals surface area (Å²) in [6, 6.07) is 1.49. The highest BCUT2D eigenvalue weighted by atomic mass is 32.2. The van der Waals surface area contributed by atoms with Crippen LogP contribution in [-0.4, -0.2) is 64.2 Å². The van der Waals surface area contributed by atoms with Gasteiger partial charge in [-0.3, -0.25) is 0 Å². The number of aryl methyl sites for hydroxylation is 1. The Hall–Kier alpha value is -2.18. The summed E-state index contributed by atoms with van der Waals surface area (Å²) in [7, 11) is -7.81. The number of hydrogen-bond acceptors (Lipinski definition) is 7. The number of nitrogens with one attached hydrogen (secondary N) is 2. The van der Waals surface area contributed by atoms with Gasteiger partial charge in [0.25, 0.3) is 0 Å². The third-order valence-corrected chi connectivity index (χ3v) is 7.33. The maximum absolute atomic E-state index is 12.7. The zero-order valence-electron chi connectivity index (χ0n) is 14.6. The lowest BCUT2D eigenvalue weighted by atomic mass is 10.1. The van der Waals surface area contributed by atoms with Crippen LogP contribution in [0.15, 0.2) is 23.1 Å². The molecule has 0 unspecified atom stereocenters. The van der Waals surface area contributed by atoms with Crippen molar-refractivity contribution in [1.29, 1.82) is 0 Å². The van der Waals surface area contributed by atoms with E-state index in [-0.39, 0.29) is 17.1 Å². The largest absolute Gasteiger partial charge is 0.478 e. The molecule has 12 heteroatoms. The van der Waals surface area contributed by atoms with Gasteiger partial charge in [-0.15, -0.1) is 0 Å². The zero-order valence-corrected chi connectivity index (χ0v) is 16.3. The molecule has 1 saturated heterocycles. The van der Waals surface area contributed by atoms with E-state index in [9.17, 15) is 26.4 Å². The number of amides is 1. The summed E-state index contributed by atoms with van der Waals surface area (Å²) in [6.07, 6.45) is -0.854. The van der Waals surface area contributed by atoms with Crippen LogP contribution in [0.25, 0.3) is 0 Å². The van der Waals surface area contributed by atoms with Crippen molar-refractivity contribution in [3.63, 3.8) is 0 Å². The number of carboxylic acid groups (broad SMARTS) is 1. The molecule has 0 saturated carbocycles. The van der Waals surface area contributed by atoms with Gasteiger partial charge in [0.15, 0.2) is 9.84 Å². The van der Waals surface area contributed by atoms with Crippen molar-refractivity contribution in [2.24, 2.45) is 0 Å². The summed E-state index contributed by atoms with van der Waals surface area (Å²) < 4.78 is 56.2. The number of benzene rings is 1. The maximum Gasteiger partial charge on any atom is 0.407 e. The molecule has 1 amide bonds. The average molecular weight is 420 g/mol. The lowest BCUT2D eigenvalue weighted by Crippen LogP contribution is -2.51. The molecule has 0 aliphatic carbocycles. The van der Waals surface area contributed by atoms with Gasteiger partial charge >= 0.3 is 12.1 Å². The van der Waals surface area contributed by atoms with Crippen molar-refractivity contribution < 1.29 is 36.3 Å². The topological polar surface area (TPSA) is 156 Å². The molecule has 2 atom stereocenters. The fourth-order valence-electron chi connectivity index (χ4n) is 2.72. The molecular formula is C15H20N2O8S2. The van der Waals surface area contributed by atoms with Crippen molar-refractivity contribution in [1.82, 2.24) is 10.0 Å². The molecule has 3 N–H and O–H groups in total. The van der Waals surface area contributed by atoms with Gasteiger partial charge in [-0.1, -0.05) is 6.07 Å². The Morgan fingerprint density at radius 3 is 2.48 bits per heavy atom. The molecule has 1 heterocycles. The molecule has 0 spiro atoms. The van der Waals surface area contributed by atoms with Crippen molar-refractivity contribution in [3.8, 4) is 0 Å². The number of carbonyl (C=O) groups excluding carboxylic acids is 1. The molecular weight excluding hydrogens is 400 g/mol. The van der Waals surface area contributed by atoms with Gasteiger partial charge in [-0.05, 0) is 31.5 Å². The summed E-state index contributed by atoms with van der Waals surface area (Å²) in [5.74, 6) is -2.23. The summed E-state index contributed by atoms with van der Waals surface area (Å²) in [6.45, 7) is 3.13. The van der Waals surface area contributed by atoms with Crippen molar-refractivity contribution in [3.05, 3.63) is 29.3 Å². The third kappa shape index (κ3) is 5.17. The second-order valence-electron chi connectivity index (χ2n) is 6.06. The Bertz CT molecular complexity index is 956. The van der Waals surface area contributed by atoms with E-state index in [4.69, 9.17) is 9.84 Å². The number of rotatable bonds is 6. The van der Waals surface area contributed by atoms with E-state index in [2.05, 4.69) is 10.0 Å². The Kier molecular flexibility index (Phi) is 6.12. The highest BCUT2D eigenvalue weighted by molar-refractivity contribution is 7.92. The van der Waals surface area contributed by atoms with Crippen molar-refractivity contribution in [2.75, 3.05) is 18.1 Å². The molecule has 0 radical (unpaired) electrons. The predicted octanol–water partition coefficient (Wildman–Crippen LogP) is -0.117. The number of alkyl carbamates (subject to hydrolysis) is 1. The van der Waals surface area contributed by atoms with E-state index in [0.29, 0.717) is 5.56 Å². The summed E-state index contributed by atoms with van der Waals surface area (Å²) in [5.41, 5.74) is 0.0736. The zero-order chi connectivity index (χ0) is 20.4. The normalized spacial score (nSPS) is 21.6. The van der Waals surface area contributed by atoms with E-state index in [1.54, 1.807) is 6.92 Å². The maximum atomic E-state index is 12.7. The fourth-order valence-corrected chi connectivity index (χ4v) is 6.23. The van der Waals surface area contributed by atoms with E-state index in [0.717, 1.165) is 6.07 Å². The van der Waals surface area contributed by atoms with Gasteiger partial charge in [-0.2, -0.15) is 0 Å². The van der Waals surface area contributed by atoms with E-state index >= 15 is 0 Å². The molecule has 1 aromatic rings. The fraction of sp³-hybridized carbons (Fsp3) is 0.467. The molecule has 10 nitrogen and oxygen atoms in total. The van der Waals surface area contributed by atoms with Crippen molar-refractivity contribution in [2.45, 2.75) is 30.8 Å². The van der Waals surface area contributed by atoms with Crippen LogP contribution in [-0.2, 0) is 24.6 Å². The number of hydrogen-bond donors (Lipinski definition) is 3.